The Morgan fingerprint density at radius 3 is 2.48 bits per heavy atom. The third-order valence-corrected chi connectivity index (χ3v) is 5.14. The van der Waals surface area contributed by atoms with Crippen LogP contribution in [0.5, 0.6) is 0 Å². The minimum atomic E-state index is -0.382. The molecule has 1 aromatic heterocycles. The molecule has 4 aromatic rings. The molecule has 4 rings (SSSR count). The topological polar surface area (TPSA) is 56.0 Å². The van der Waals surface area contributed by atoms with Crippen molar-refractivity contribution in [3.8, 4) is 0 Å². The van der Waals surface area contributed by atoms with Crippen molar-refractivity contribution >= 4 is 39.1 Å². The Labute approximate surface area is 148 Å². The van der Waals surface area contributed by atoms with E-state index in [0.29, 0.717) is 0 Å². The smallest absolute Gasteiger partial charge is 0.258 e. The monoisotopic (exact) mass is 346 g/mol. The lowest BCUT2D eigenvalue weighted by Gasteiger charge is -2.10. The summed E-state index contributed by atoms with van der Waals surface area (Å²) in [6, 6.07) is 21.1. The van der Waals surface area contributed by atoms with Gasteiger partial charge in [0.15, 0.2) is 0 Å². The predicted octanol–water partition coefficient (Wildman–Crippen LogP) is 5.76. The van der Waals surface area contributed by atoms with Crippen molar-refractivity contribution in [3.63, 3.8) is 0 Å². The average Bonchev–Trinajstić information content (AvgIpc) is 2.62. The molecule has 0 aliphatic rings. The van der Waals surface area contributed by atoms with Crippen LogP contribution in [0.2, 0.25) is 0 Å². The third-order valence-electron chi connectivity index (χ3n) is 4.07. The Balaban J connectivity index is 1.84. The van der Waals surface area contributed by atoms with Gasteiger partial charge in [0.1, 0.15) is 0 Å². The van der Waals surface area contributed by atoms with E-state index in [-0.39, 0.29) is 10.6 Å². The van der Waals surface area contributed by atoms with Gasteiger partial charge in [-0.3, -0.25) is 15.1 Å². The van der Waals surface area contributed by atoms with Gasteiger partial charge in [0.05, 0.1) is 10.4 Å². The molecule has 3 aromatic carbocycles. The summed E-state index contributed by atoms with van der Waals surface area (Å²) in [5.41, 5.74) is 2.04. The molecule has 0 saturated heterocycles. The highest BCUT2D eigenvalue weighted by atomic mass is 32.2. The number of fused-ring (bicyclic) bond motifs is 3. The molecule has 0 aliphatic heterocycles. The molecule has 0 bridgehead atoms. The molecular weight excluding hydrogens is 332 g/mol. The van der Waals surface area contributed by atoms with Crippen LogP contribution in [0.25, 0.3) is 21.7 Å². The molecule has 0 aliphatic carbocycles. The van der Waals surface area contributed by atoms with E-state index >= 15 is 0 Å². The van der Waals surface area contributed by atoms with Crippen LogP contribution in [0.4, 0.5) is 5.69 Å². The van der Waals surface area contributed by atoms with Crippen LogP contribution in [0.3, 0.4) is 0 Å². The van der Waals surface area contributed by atoms with E-state index in [0.717, 1.165) is 31.8 Å². The fourth-order valence-electron chi connectivity index (χ4n) is 2.90. The Bertz CT molecular complexity index is 1110. The second-order valence-corrected chi connectivity index (χ2v) is 6.91. The second-order valence-electron chi connectivity index (χ2n) is 5.80. The molecule has 4 nitrogen and oxygen atoms in total. The predicted molar refractivity (Wildman–Crippen MR) is 101 cm³/mol. The maximum absolute atomic E-state index is 10.8. The summed E-state index contributed by atoms with van der Waals surface area (Å²) in [6.45, 7) is 1.99. The van der Waals surface area contributed by atoms with Crippen molar-refractivity contribution in [1.82, 2.24) is 4.98 Å². The zero-order chi connectivity index (χ0) is 17.4. The van der Waals surface area contributed by atoms with Crippen molar-refractivity contribution in [2.75, 3.05) is 0 Å². The average molecular weight is 346 g/mol. The zero-order valence-electron chi connectivity index (χ0n) is 13.5. The molecule has 0 unspecified atom stereocenters. The van der Waals surface area contributed by atoms with E-state index in [1.54, 1.807) is 23.9 Å². The van der Waals surface area contributed by atoms with Crippen LogP contribution >= 0.6 is 11.8 Å². The van der Waals surface area contributed by atoms with Gasteiger partial charge in [0.2, 0.25) is 0 Å². The summed E-state index contributed by atoms with van der Waals surface area (Å²) < 4.78 is 0. The van der Waals surface area contributed by atoms with Gasteiger partial charge in [-0.15, -0.1) is 0 Å². The Hall–Kier alpha value is -2.92. The van der Waals surface area contributed by atoms with Gasteiger partial charge in [-0.25, -0.2) is 0 Å². The molecule has 0 N–H and O–H groups in total. The van der Waals surface area contributed by atoms with Crippen LogP contribution in [0, 0.1) is 17.0 Å². The molecule has 0 spiro atoms. The normalized spacial score (nSPS) is 11.1. The van der Waals surface area contributed by atoms with Crippen molar-refractivity contribution in [2.45, 2.75) is 16.7 Å². The number of hydrogen-bond donors (Lipinski definition) is 0. The van der Waals surface area contributed by atoms with E-state index in [1.165, 1.54) is 17.5 Å². The highest BCUT2D eigenvalue weighted by molar-refractivity contribution is 7.99. The van der Waals surface area contributed by atoms with Crippen LogP contribution < -0.4 is 0 Å². The minimum absolute atomic E-state index is 0.103. The summed E-state index contributed by atoms with van der Waals surface area (Å²) in [5.74, 6) is 0. The van der Waals surface area contributed by atoms with Gasteiger partial charge in [-0.1, -0.05) is 48.2 Å². The Morgan fingerprint density at radius 1 is 0.960 bits per heavy atom. The van der Waals surface area contributed by atoms with Crippen LogP contribution in [0.1, 0.15) is 5.69 Å². The SMILES string of the molecule is Cc1cc(Sc2ccc([N+](=O)[O-])cc2)c2ccc3ccccc3c2n1. The van der Waals surface area contributed by atoms with Gasteiger partial charge in [0, 0.05) is 38.4 Å². The van der Waals surface area contributed by atoms with Crippen LogP contribution in [-0.4, -0.2) is 9.91 Å². The number of aromatic nitrogens is 1. The van der Waals surface area contributed by atoms with Crippen LogP contribution in [0.15, 0.2) is 76.5 Å². The lowest BCUT2D eigenvalue weighted by atomic mass is 10.1. The fourth-order valence-corrected chi connectivity index (χ4v) is 3.93. The van der Waals surface area contributed by atoms with Gasteiger partial charge in [-0.05, 0) is 30.5 Å². The maximum atomic E-state index is 10.8. The minimum Gasteiger partial charge on any atom is -0.258 e. The van der Waals surface area contributed by atoms with Crippen molar-refractivity contribution in [2.24, 2.45) is 0 Å². The number of rotatable bonds is 3. The summed E-state index contributed by atoms with van der Waals surface area (Å²) in [4.78, 5) is 17.2. The fraction of sp³-hybridized carbons (Fsp3) is 0.0500. The molecule has 0 fully saturated rings. The first-order valence-corrected chi connectivity index (χ1v) is 8.65. The highest BCUT2D eigenvalue weighted by Gasteiger charge is 2.10. The number of nitro benzene ring substituents is 1. The summed E-state index contributed by atoms with van der Waals surface area (Å²) in [6.07, 6.45) is 0. The number of aryl methyl sites for hydroxylation is 1. The molecule has 1 heterocycles. The second kappa shape index (κ2) is 6.18. The first kappa shape index (κ1) is 15.6. The standard InChI is InChI=1S/C20H14N2O2S/c1-13-12-19(25-16-9-7-15(8-10-16)22(23)24)18-11-6-14-4-2-3-5-17(14)20(18)21-13/h2-12H,1H3. The lowest BCUT2D eigenvalue weighted by molar-refractivity contribution is -0.384. The quantitative estimate of drug-likeness (QED) is 0.269. The third kappa shape index (κ3) is 2.94. The number of benzene rings is 3. The van der Waals surface area contributed by atoms with Gasteiger partial charge < -0.3 is 0 Å². The van der Waals surface area contributed by atoms with Gasteiger partial charge in [-0.2, -0.15) is 0 Å². The van der Waals surface area contributed by atoms with Crippen LogP contribution in [-0.2, 0) is 0 Å². The lowest BCUT2D eigenvalue weighted by Crippen LogP contribution is -1.89. The van der Waals surface area contributed by atoms with Gasteiger partial charge in [0.25, 0.3) is 5.69 Å². The molecule has 0 radical (unpaired) electrons. The van der Waals surface area contributed by atoms with Crippen molar-refractivity contribution in [3.05, 3.63) is 82.5 Å². The number of nitrogens with zero attached hydrogens (tertiary/aromatic N) is 2. The van der Waals surface area contributed by atoms with E-state index in [2.05, 4.69) is 30.3 Å². The molecular formula is C20H14N2O2S. The zero-order valence-corrected chi connectivity index (χ0v) is 14.3. The maximum Gasteiger partial charge on any atom is 0.269 e. The van der Waals surface area contributed by atoms with E-state index in [1.807, 2.05) is 19.1 Å². The first-order valence-electron chi connectivity index (χ1n) is 7.83. The number of hydrogen-bond acceptors (Lipinski definition) is 4. The number of nitro groups is 1. The summed E-state index contributed by atoms with van der Waals surface area (Å²) >= 11 is 1.60. The Kier molecular flexibility index (Phi) is 3.86. The number of pyridine rings is 1. The first-order chi connectivity index (χ1) is 12.1. The molecule has 0 atom stereocenters. The van der Waals surface area contributed by atoms with Crippen molar-refractivity contribution < 1.29 is 4.92 Å². The van der Waals surface area contributed by atoms with E-state index in [4.69, 9.17) is 4.98 Å². The number of non-ortho nitro benzene ring substituents is 1. The molecule has 122 valence electrons. The molecule has 5 heteroatoms. The van der Waals surface area contributed by atoms with E-state index < -0.39 is 0 Å². The molecule has 25 heavy (non-hydrogen) atoms. The highest BCUT2D eigenvalue weighted by Crippen LogP contribution is 2.36. The Morgan fingerprint density at radius 2 is 1.72 bits per heavy atom. The van der Waals surface area contributed by atoms with E-state index in [9.17, 15) is 10.1 Å². The summed E-state index contributed by atoms with van der Waals surface area (Å²) in [7, 11) is 0. The summed E-state index contributed by atoms with van der Waals surface area (Å²) in [5, 5.41) is 14.2. The van der Waals surface area contributed by atoms with Crippen molar-refractivity contribution in [1.29, 1.82) is 0 Å². The molecule has 0 saturated carbocycles. The largest absolute Gasteiger partial charge is 0.269 e. The molecule has 0 amide bonds. The van der Waals surface area contributed by atoms with Gasteiger partial charge >= 0.3 is 0 Å².